The number of hydrogen-bond acceptors (Lipinski definition) is 4. The zero-order valence-corrected chi connectivity index (χ0v) is 12.0. The predicted octanol–water partition coefficient (Wildman–Crippen LogP) is 3.17. The van der Waals surface area contributed by atoms with Gasteiger partial charge in [0.2, 0.25) is 5.89 Å². The number of ether oxygens (including phenoxy) is 1. The standard InChI is InChI=1S/C15H16FNO4/c1-9-12(8-20-15(2,3)14(18)19)21-13(17-9)10-4-6-11(16)7-5-10/h4-7H,8H2,1-3H3,(H,18,19). The van der Waals surface area contributed by atoms with Crippen molar-refractivity contribution in [2.75, 3.05) is 0 Å². The molecule has 21 heavy (non-hydrogen) atoms. The molecule has 0 aliphatic rings. The van der Waals surface area contributed by atoms with E-state index < -0.39 is 11.6 Å². The highest BCUT2D eigenvalue weighted by atomic mass is 19.1. The molecule has 112 valence electrons. The predicted molar refractivity (Wildman–Crippen MR) is 73.1 cm³/mol. The first-order valence-corrected chi connectivity index (χ1v) is 6.39. The van der Waals surface area contributed by atoms with E-state index in [2.05, 4.69) is 4.98 Å². The second-order valence-electron chi connectivity index (χ2n) is 5.14. The van der Waals surface area contributed by atoms with Crippen LogP contribution in [0.4, 0.5) is 4.39 Å². The topological polar surface area (TPSA) is 72.6 Å². The molecule has 0 amide bonds. The van der Waals surface area contributed by atoms with Crippen LogP contribution in [0.3, 0.4) is 0 Å². The van der Waals surface area contributed by atoms with Crippen molar-refractivity contribution in [1.82, 2.24) is 4.98 Å². The molecule has 1 aromatic heterocycles. The largest absolute Gasteiger partial charge is 0.479 e. The summed E-state index contributed by atoms with van der Waals surface area (Å²) in [5.41, 5.74) is -0.0614. The Balaban J connectivity index is 2.16. The van der Waals surface area contributed by atoms with Gasteiger partial charge in [-0.25, -0.2) is 14.2 Å². The van der Waals surface area contributed by atoms with Gasteiger partial charge < -0.3 is 14.3 Å². The van der Waals surface area contributed by atoms with E-state index in [0.717, 1.165) is 0 Å². The molecule has 0 fully saturated rings. The number of aromatic nitrogens is 1. The Morgan fingerprint density at radius 3 is 2.57 bits per heavy atom. The fourth-order valence-electron chi connectivity index (χ4n) is 1.59. The molecule has 6 heteroatoms. The molecule has 0 bridgehead atoms. The van der Waals surface area contributed by atoms with Crippen LogP contribution in [0.1, 0.15) is 25.3 Å². The molecule has 0 spiro atoms. The summed E-state index contributed by atoms with van der Waals surface area (Å²) in [4.78, 5) is 15.2. The number of hydrogen-bond donors (Lipinski definition) is 1. The van der Waals surface area contributed by atoms with Crippen molar-refractivity contribution >= 4 is 5.97 Å². The van der Waals surface area contributed by atoms with Crippen LogP contribution in [0.15, 0.2) is 28.7 Å². The molecule has 1 aromatic carbocycles. The van der Waals surface area contributed by atoms with Crippen LogP contribution < -0.4 is 0 Å². The molecule has 0 saturated carbocycles. The zero-order chi connectivity index (χ0) is 15.6. The van der Waals surface area contributed by atoms with Crippen molar-refractivity contribution in [1.29, 1.82) is 0 Å². The van der Waals surface area contributed by atoms with Gasteiger partial charge in [0.25, 0.3) is 0 Å². The Bertz CT molecular complexity index is 646. The number of rotatable bonds is 5. The normalized spacial score (nSPS) is 11.6. The lowest BCUT2D eigenvalue weighted by Gasteiger charge is -2.19. The molecule has 0 unspecified atom stereocenters. The third kappa shape index (κ3) is 3.46. The Hall–Kier alpha value is -2.21. The number of carboxylic acids is 1. The summed E-state index contributed by atoms with van der Waals surface area (Å²) in [7, 11) is 0. The van der Waals surface area contributed by atoms with Gasteiger partial charge in [-0.3, -0.25) is 0 Å². The lowest BCUT2D eigenvalue weighted by molar-refractivity contribution is -0.163. The number of carboxylic acid groups (broad SMARTS) is 1. The van der Waals surface area contributed by atoms with Gasteiger partial charge in [-0.1, -0.05) is 0 Å². The summed E-state index contributed by atoms with van der Waals surface area (Å²) in [5.74, 6) is -0.602. The Labute approximate surface area is 121 Å². The SMILES string of the molecule is Cc1nc(-c2ccc(F)cc2)oc1COC(C)(C)C(=O)O. The fourth-order valence-corrected chi connectivity index (χ4v) is 1.59. The fraction of sp³-hybridized carbons (Fsp3) is 0.333. The summed E-state index contributed by atoms with van der Waals surface area (Å²) in [6.07, 6.45) is 0. The monoisotopic (exact) mass is 293 g/mol. The highest BCUT2D eigenvalue weighted by molar-refractivity contribution is 5.76. The summed E-state index contributed by atoms with van der Waals surface area (Å²) in [6, 6.07) is 5.76. The van der Waals surface area contributed by atoms with E-state index in [0.29, 0.717) is 22.9 Å². The van der Waals surface area contributed by atoms with Crippen molar-refractivity contribution in [3.8, 4) is 11.5 Å². The minimum Gasteiger partial charge on any atom is -0.479 e. The van der Waals surface area contributed by atoms with Crippen LogP contribution in [0.2, 0.25) is 0 Å². The maximum Gasteiger partial charge on any atom is 0.335 e. The van der Waals surface area contributed by atoms with Gasteiger partial charge in [0.15, 0.2) is 11.4 Å². The highest BCUT2D eigenvalue weighted by Gasteiger charge is 2.28. The van der Waals surface area contributed by atoms with E-state index in [1.807, 2.05) is 0 Å². The maximum absolute atomic E-state index is 12.9. The Morgan fingerprint density at radius 2 is 2.00 bits per heavy atom. The van der Waals surface area contributed by atoms with Crippen molar-refractivity contribution in [2.24, 2.45) is 0 Å². The average molecular weight is 293 g/mol. The molecule has 0 aliphatic heterocycles. The second kappa shape index (κ2) is 5.65. The number of carbonyl (C=O) groups is 1. The maximum atomic E-state index is 12.9. The smallest absolute Gasteiger partial charge is 0.335 e. The van der Waals surface area contributed by atoms with E-state index in [-0.39, 0.29) is 12.4 Å². The summed E-state index contributed by atoms with van der Waals surface area (Å²) in [6.45, 7) is 4.66. The first-order valence-electron chi connectivity index (χ1n) is 6.39. The van der Waals surface area contributed by atoms with Crippen molar-refractivity contribution < 1.29 is 23.4 Å². The zero-order valence-electron chi connectivity index (χ0n) is 12.0. The number of nitrogens with zero attached hydrogens (tertiary/aromatic N) is 1. The van der Waals surface area contributed by atoms with Crippen LogP contribution in [-0.4, -0.2) is 21.7 Å². The minimum atomic E-state index is -1.31. The van der Waals surface area contributed by atoms with E-state index >= 15 is 0 Å². The first kappa shape index (κ1) is 15.2. The molecule has 0 radical (unpaired) electrons. The van der Waals surface area contributed by atoms with E-state index in [4.69, 9.17) is 14.3 Å². The third-order valence-corrected chi connectivity index (χ3v) is 3.06. The minimum absolute atomic E-state index is 0.000667. The number of aliphatic carboxylic acids is 1. The number of oxazole rings is 1. The molecular weight excluding hydrogens is 277 g/mol. The lowest BCUT2D eigenvalue weighted by atomic mass is 10.1. The van der Waals surface area contributed by atoms with Gasteiger partial charge >= 0.3 is 5.97 Å². The van der Waals surface area contributed by atoms with Crippen LogP contribution >= 0.6 is 0 Å². The van der Waals surface area contributed by atoms with Crippen LogP contribution in [0.5, 0.6) is 0 Å². The number of halogens is 1. The van der Waals surface area contributed by atoms with Crippen molar-refractivity contribution in [3.63, 3.8) is 0 Å². The second-order valence-corrected chi connectivity index (χ2v) is 5.14. The molecule has 0 atom stereocenters. The van der Waals surface area contributed by atoms with Crippen LogP contribution in [0, 0.1) is 12.7 Å². The van der Waals surface area contributed by atoms with Gasteiger partial charge in [-0.05, 0) is 45.0 Å². The summed E-state index contributed by atoms with van der Waals surface area (Å²) in [5, 5.41) is 8.99. The lowest BCUT2D eigenvalue weighted by Crippen LogP contribution is -2.34. The molecule has 5 nitrogen and oxygen atoms in total. The van der Waals surface area contributed by atoms with Crippen LogP contribution in [-0.2, 0) is 16.1 Å². The summed E-state index contributed by atoms with van der Waals surface area (Å²) < 4.78 is 23.8. The summed E-state index contributed by atoms with van der Waals surface area (Å²) >= 11 is 0. The molecule has 2 rings (SSSR count). The van der Waals surface area contributed by atoms with Crippen molar-refractivity contribution in [3.05, 3.63) is 41.5 Å². The molecule has 0 aliphatic carbocycles. The number of aryl methyl sites for hydroxylation is 1. The molecule has 1 heterocycles. The molecule has 1 N–H and O–H groups in total. The molecule has 2 aromatic rings. The first-order chi connectivity index (χ1) is 9.79. The van der Waals surface area contributed by atoms with Gasteiger partial charge in [-0.2, -0.15) is 0 Å². The number of benzene rings is 1. The Morgan fingerprint density at radius 1 is 1.38 bits per heavy atom. The van der Waals surface area contributed by atoms with Crippen molar-refractivity contribution in [2.45, 2.75) is 33.0 Å². The van der Waals surface area contributed by atoms with Gasteiger partial charge in [0.1, 0.15) is 12.4 Å². The molecule has 0 saturated heterocycles. The van der Waals surface area contributed by atoms with E-state index in [9.17, 15) is 9.18 Å². The molecular formula is C15H16FNO4. The van der Waals surface area contributed by atoms with E-state index in [1.54, 1.807) is 19.1 Å². The highest BCUT2D eigenvalue weighted by Crippen LogP contribution is 2.24. The van der Waals surface area contributed by atoms with Gasteiger partial charge in [-0.15, -0.1) is 0 Å². The van der Waals surface area contributed by atoms with Gasteiger partial charge in [0.05, 0.1) is 5.69 Å². The average Bonchev–Trinajstić information content (AvgIpc) is 2.78. The van der Waals surface area contributed by atoms with E-state index in [1.165, 1.54) is 26.0 Å². The van der Waals surface area contributed by atoms with Gasteiger partial charge in [0, 0.05) is 5.56 Å². The van der Waals surface area contributed by atoms with Crippen LogP contribution in [0.25, 0.3) is 11.5 Å². The Kier molecular flexibility index (Phi) is 4.09. The third-order valence-electron chi connectivity index (χ3n) is 3.06. The quantitative estimate of drug-likeness (QED) is 0.916.